The van der Waals surface area contributed by atoms with Gasteiger partial charge in [-0.05, 0) is 31.5 Å². The first-order chi connectivity index (χ1) is 7.36. The topological polar surface area (TPSA) is 41.3 Å². The number of hydrogen-bond acceptors (Lipinski definition) is 3. The molecule has 1 aliphatic rings. The summed E-state index contributed by atoms with van der Waals surface area (Å²) in [6, 6.07) is 10.9. The smallest absolute Gasteiger partial charge is 0.0382 e. The highest BCUT2D eigenvalue weighted by atomic mass is 35.5. The van der Waals surface area contributed by atoms with Crippen LogP contribution >= 0.6 is 24.8 Å². The molecule has 0 aromatic heterocycles. The first kappa shape index (κ1) is 16.7. The second-order valence-electron chi connectivity index (χ2n) is 4.14. The van der Waals surface area contributed by atoms with Gasteiger partial charge in [0.15, 0.2) is 0 Å². The lowest BCUT2D eigenvalue weighted by atomic mass is 10.1. The van der Waals surface area contributed by atoms with Crippen LogP contribution in [0.25, 0.3) is 0 Å². The maximum Gasteiger partial charge on any atom is 0.0382 e. The van der Waals surface area contributed by atoms with Crippen molar-refractivity contribution >= 4 is 24.8 Å². The summed E-state index contributed by atoms with van der Waals surface area (Å²) in [6.45, 7) is 3.03. The number of rotatable bonds is 3. The van der Waals surface area contributed by atoms with Gasteiger partial charge in [0.25, 0.3) is 0 Å². The molecule has 3 nitrogen and oxygen atoms in total. The molecule has 1 heterocycles. The van der Waals surface area contributed by atoms with E-state index in [0.717, 1.165) is 32.5 Å². The van der Waals surface area contributed by atoms with Crippen LogP contribution in [0.15, 0.2) is 30.3 Å². The minimum absolute atomic E-state index is 0. The number of hydrogen-bond donors (Lipinski definition) is 2. The summed E-state index contributed by atoms with van der Waals surface area (Å²) in [5, 5.41) is 5.33. The molecule has 0 unspecified atom stereocenters. The van der Waals surface area contributed by atoms with E-state index in [-0.39, 0.29) is 24.8 Å². The van der Waals surface area contributed by atoms with Crippen LogP contribution in [0.3, 0.4) is 0 Å². The van der Waals surface area contributed by atoms with Crippen LogP contribution in [0, 0.1) is 0 Å². The van der Waals surface area contributed by atoms with E-state index in [1.807, 2.05) is 11.1 Å². The molecule has 1 aromatic carbocycles. The third-order valence-corrected chi connectivity index (χ3v) is 2.99. The molecule has 1 fully saturated rings. The molecule has 0 atom stereocenters. The lowest BCUT2D eigenvalue weighted by molar-refractivity contribution is 0.156. The normalized spacial score (nSPS) is 16.1. The number of piperidine rings is 1. The van der Waals surface area contributed by atoms with Gasteiger partial charge < -0.3 is 5.32 Å². The quantitative estimate of drug-likeness (QED) is 0.656. The van der Waals surface area contributed by atoms with Crippen LogP contribution < -0.4 is 11.2 Å². The number of benzene rings is 1. The van der Waals surface area contributed by atoms with Gasteiger partial charge >= 0.3 is 0 Å². The van der Waals surface area contributed by atoms with Gasteiger partial charge in [-0.3, -0.25) is 5.84 Å². The summed E-state index contributed by atoms with van der Waals surface area (Å²) in [6.07, 6.45) is 2.31. The van der Waals surface area contributed by atoms with Crippen LogP contribution in [0.4, 0.5) is 0 Å². The van der Waals surface area contributed by atoms with Crippen LogP contribution in [0.1, 0.15) is 18.4 Å². The van der Waals surface area contributed by atoms with E-state index in [2.05, 4.69) is 29.6 Å². The number of halogens is 2. The maximum absolute atomic E-state index is 6.09. The summed E-state index contributed by atoms with van der Waals surface area (Å²) in [5.74, 6) is 6.09. The summed E-state index contributed by atoms with van der Waals surface area (Å²) in [4.78, 5) is 0. The van der Waals surface area contributed by atoms with Crippen molar-refractivity contribution in [3.05, 3.63) is 35.9 Å². The Hall–Kier alpha value is -0.320. The summed E-state index contributed by atoms with van der Waals surface area (Å²) >= 11 is 0. The van der Waals surface area contributed by atoms with Crippen LogP contribution in [0.5, 0.6) is 0 Å². The predicted octanol–water partition coefficient (Wildman–Crippen LogP) is 1.96. The highest BCUT2D eigenvalue weighted by Gasteiger charge is 2.17. The molecule has 0 bridgehead atoms. The molecule has 0 radical (unpaired) electrons. The molecule has 5 heteroatoms. The second-order valence-corrected chi connectivity index (χ2v) is 4.14. The Bertz CT molecular complexity index is 289. The number of nitrogens with one attached hydrogen (secondary N) is 1. The van der Waals surface area contributed by atoms with Crippen molar-refractivity contribution in [1.82, 2.24) is 10.3 Å². The van der Waals surface area contributed by atoms with E-state index in [9.17, 15) is 0 Å². The Kier molecular flexibility index (Phi) is 8.56. The van der Waals surface area contributed by atoms with Gasteiger partial charge in [-0.1, -0.05) is 30.3 Å². The highest BCUT2D eigenvalue weighted by Crippen LogP contribution is 2.11. The second kappa shape index (κ2) is 8.72. The minimum atomic E-state index is 0. The number of nitrogens with two attached hydrogens (primary N) is 1. The van der Waals surface area contributed by atoms with Crippen molar-refractivity contribution in [2.45, 2.75) is 25.4 Å². The Labute approximate surface area is 116 Å². The number of hydrazine groups is 1. The highest BCUT2D eigenvalue weighted by molar-refractivity contribution is 5.85. The van der Waals surface area contributed by atoms with Crippen molar-refractivity contribution in [2.24, 2.45) is 5.84 Å². The summed E-state index contributed by atoms with van der Waals surface area (Å²) < 4.78 is 0. The zero-order valence-corrected chi connectivity index (χ0v) is 11.5. The van der Waals surface area contributed by atoms with Gasteiger partial charge in [0.2, 0.25) is 0 Å². The van der Waals surface area contributed by atoms with E-state index >= 15 is 0 Å². The van der Waals surface area contributed by atoms with E-state index in [0.29, 0.717) is 6.04 Å². The van der Waals surface area contributed by atoms with E-state index in [1.165, 1.54) is 5.56 Å². The van der Waals surface area contributed by atoms with E-state index in [1.54, 1.807) is 0 Å². The minimum Gasteiger partial charge on any atom is -0.317 e. The molecular formula is C12H21Cl2N3. The molecule has 17 heavy (non-hydrogen) atoms. The van der Waals surface area contributed by atoms with Crippen molar-refractivity contribution in [3.63, 3.8) is 0 Å². The molecule has 98 valence electrons. The fourth-order valence-electron chi connectivity index (χ4n) is 2.06. The molecule has 0 aliphatic carbocycles. The average molecular weight is 278 g/mol. The molecule has 3 N–H and O–H groups in total. The molecule has 0 amide bonds. The van der Waals surface area contributed by atoms with Gasteiger partial charge in [-0.15, -0.1) is 24.8 Å². The monoisotopic (exact) mass is 277 g/mol. The average Bonchev–Trinajstić information content (AvgIpc) is 2.31. The van der Waals surface area contributed by atoms with Crippen molar-refractivity contribution < 1.29 is 0 Å². The fraction of sp³-hybridized carbons (Fsp3) is 0.500. The summed E-state index contributed by atoms with van der Waals surface area (Å²) in [7, 11) is 0. The third kappa shape index (κ3) is 5.23. The number of nitrogens with zero attached hydrogens (tertiary/aromatic N) is 1. The fourth-order valence-corrected chi connectivity index (χ4v) is 2.06. The first-order valence-electron chi connectivity index (χ1n) is 5.62. The van der Waals surface area contributed by atoms with Crippen LogP contribution in [-0.2, 0) is 6.54 Å². The van der Waals surface area contributed by atoms with Crippen molar-refractivity contribution in [2.75, 3.05) is 13.1 Å². The summed E-state index contributed by atoms with van der Waals surface area (Å²) in [5.41, 5.74) is 1.29. The largest absolute Gasteiger partial charge is 0.317 e. The lowest BCUT2D eigenvalue weighted by Gasteiger charge is -2.31. The van der Waals surface area contributed by atoms with Gasteiger partial charge in [-0.2, -0.15) is 0 Å². The first-order valence-corrected chi connectivity index (χ1v) is 5.62. The standard InChI is InChI=1S/C12H19N3.2ClH/c13-15(12-6-8-14-9-7-12)10-11-4-2-1-3-5-11;;/h1-5,12,14H,6-10,13H2;2*1H. The SMILES string of the molecule is Cl.Cl.NN(Cc1ccccc1)C1CCNCC1. The Balaban J connectivity index is 0.00000128. The third-order valence-electron chi connectivity index (χ3n) is 2.99. The molecule has 1 aliphatic heterocycles. The lowest BCUT2D eigenvalue weighted by Crippen LogP contribution is -2.46. The zero-order valence-electron chi connectivity index (χ0n) is 9.84. The van der Waals surface area contributed by atoms with Gasteiger partial charge in [0.05, 0.1) is 0 Å². The zero-order chi connectivity index (χ0) is 10.5. The van der Waals surface area contributed by atoms with E-state index in [4.69, 9.17) is 5.84 Å². The Morgan fingerprint density at radius 2 is 1.71 bits per heavy atom. The van der Waals surface area contributed by atoms with Crippen LogP contribution in [0.2, 0.25) is 0 Å². The Morgan fingerprint density at radius 1 is 1.12 bits per heavy atom. The maximum atomic E-state index is 6.09. The van der Waals surface area contributed by atoms with Gasteiger partial charge in [0, 0.05) is 12.6 Å². The van der Waals surface area contributed by atoms with Gasteiger partial charge in [-0.25, -0.2) is 5.01 Å². The van der Waals surface area contributed by atoms with Gasteiger partial charge in [0.1, 0.15) is 0 Å². The molecule has 1 aromatic rings. The van der Waals surface area contributed by atoms with E-state index < -0.39 is 0 Å². The molecular weight excluding hydrogens is 257 g/mol. The molecule has 2 rings (SSSR count). The van der Waals surface area contributed by atoms with Crippen molar-refractivity contribution in [3.8, 4) is 0 Å². The molecule has 0 spiro atoms. The predicted molar refractivity (Wildman–Crippen MR) is 76.6 cm³/mol. The van der Waals surface area contributed by atoms with Crippen LogP contribution in [-0.4, -0.2) is 24.1 Å². The molecule has 0 saturated carbocycles. The molecule has 1 saturated heterocycles. The van der Waals surface area contributed by atoms with Crippen molar-refractivity contribution in [1.29, 1.82) is 0 Å². The Morgan fingerprint density at radius 3 is 2.29 bits per heavy atom.